The molecule has 27 heavy (non-hydrogen) atoms. The third-order valence-electron chi connectivity index (χ3n) is 3.77. The van der Waals surface area contributed by atoms with Crippen LogP contribution in [0, 0.1) is 6.92 Å². The van der Waals surface area contributed by atoms with Crippen molar-refractivity contribution in [1.82, 2.24) is 5.32 Å². The summed E-state index contributed by atoms with van der Waals surface area (Å²) in [4.78, 5) is 12.1. The van der Waals surface area contributed by atoms with Crippen LogP contribution in [0.4, 0.5) is 5.69 Å². The highest BCUT2D eigenvalue weighted by Crippen LogP contribution is 2.31. The Hall–Kier alpha value is -2.80. The second-order valence-electron chi connectivity index (χ2n) is 5.85. The largest absolute Gasteiger partial charge is 0.494 e. The van der Waals surface area contributed by atoms with Gasteiger partial charge in [0.25, 0.3) is 0 Å². The molecule has 0 bridgehead atoms. The minimum Gasteiger partial charge on any atom is -0.494 e. The van der Waals surface area contributed by atoms with Crippen LogP contribution in [-0.4, -0.2) is 34.0 Å². The molecule has 0 unspecified atom stereocenters. The first-order valence-corrected chi connectivity index (χ1v) is 10.1. The number of anilines is 1. The molecule has 2 aromatic rings. The summed E-state index contributed by atoms with van der Waals surface area (Å²) in [6.45, 7) is 7.96. The fourth-order valence-electron chi connectivity index (χ4n) is 2.40. The molecule has 0 atom stereocenters. The Bertz CT molecular complexity index is 906. The average Bonchev–Trinajstić information content (AvgIpc) is 2.65. The standard InChI is InChI=1S/C20H24N2O4S/c1-4-12-21-20(23)14-22-18-11-8-16(26-5-2)13-19(18)27(24,25)17-9-6-15(3)7-10-17/h4,6-11,13,22H,1,5,12,14H2,2-3H3,(H,21,23). The normalized spacial score (nSPS) is 10.9. The highest BCUT2D eigenvalue weighted by atomic mass is 32.2. The molecule has 0 fully saturated rings. The molecule has 1 amide bonds. The van der Waals surface area contributed by atoms with Gasteiger partial charge >= 0.3 is 0 Å². The first-order chi connectivity index (χ1) is 12.9. The maximum absolute atomic E-state index is 13.1. The lowest BCUT2D eigenvalue weighted by Crippen LogP contribution is -2.30. The van der Waals surface area contributed by atoms with Crippen LogP contribution < -0.4 is 15.4 Å². The van der Waals surface area contributed by atoms with Crippen LogP contribution in [-0.2, 0) is 14.6 Å². The quantitative estimate of drug-likeness (QED) is 0.645. The lowest BCUT2D eigenvalue weighted by Gasteiger charge is -2.15. The van der Waals surface area contributed by atoms with Crippen molar-refractivity contribution in [3.63, 3.8) is 0 Å². The maximum Gasteiger partial charge on any atom is 0.239 e. The van der Waals surface area contributed by atoms with Crippen LogP contribution in [0.5, 0.6) is 5.75 Å². The Kier molecular flexibility index (Phi) is 7.01. The number of hydrogen-bond donors (Lipinski definition) is 2. The summed E-state index contributed by atoms with van der Waals surface area (Å²) in [6, 6.07) is 11.4. The van der Waals surface area contributed by atoms with Gasteiger partial charge in [-0.2, -0.15) is 0 Å². The number of amides is 1. The SMILES string of the molecule is C=CCNC(=O)CNc1ccc(OCC)cc1S(=O)(=O)c1ccc(C)cc1. The molecule has 6 nitrogen and oxygen atoms in total. The number of carbonyl (C=O) groups is 1. The van der Waals surface area contributed by atoms with Crippen molar-refractivity contribution in [3.8, 4) is 5.75 Å². The van der Waals surface area contributed by atoms with Crippen LogP contribution in [0.3, 0.4) is 0 Å². The van der Waals surface area contributed by atoms with E-state index in [2.05, 4.69) is 17.2 Å². The molecule has 0 saturated carbocycles. The van der Waals surface area contributed by atoms with Crippen LogP contribution in [0.25, 0.3) is 0 Å². The van der Waals surface area contributed by atoms with Gasteiger partial charge in [-0.1, -0.05) is 23.8 Å². The van der Waals surface area contributed by atoms with Gasteiger partial charge in [-0.15, -0.1) is 6.58 Å². The zero-order chi connectivity index (χ0) is 19.9. The summed E-state index contributed by atoms with van der Waals surface area (Å²) in [5, 5.41) is 5.53. The first kappa shape index (κ1) is 20.5. The van der Waals surface area contributed by atoms with E-state index >= 15 is 0 Å². The highest BCUT2D eigenvalue weighted by molar-refractivity contribution is 7.91. The lowest BCUT2D eigenvalue weighted by atomic mass is 10.2. The Morgan fingerprint density at radius 2 is 1.89 bits per heavy atom. The molecule has 0 aromatic heterocycles. The molecular formula is C20H24N2O4S. The van der Waals surface area contributed by atoms with Gasteiger partial charge < -0.3 is 15.4 Å². The van der Waals surface area contributed by atoms with Crippen molar-refractivity contribution in [1.29, 1.82) is 0 Å². The number of nitrogens with one attached hydrogen (secondary N) is 2. The number of carbonyl (C=O) groups excluding carboxylic acids is 1. The zero-order valence-electron chi connectivity index (χ0n) is 15.5. The zero-order valence-corrected chi connectivity index (χ0v) is 16.3. The van der Waals surface area contributed by atoms with Crippen LogP contribution in [0.2, 0.25) is 0 Å². The van der Waals surface area contributed by atoms with Gasteiger partial charge in [-0.05, 0) is 38.1 Å². The van der Waals surface area contributed by atoms with Crippen molar-refractivity contribution in [2.45, 2.75) is 23.6 Å². The molecule has 0 aliphatic carbocycles. The fourth-order valence-corrected chi connectivity index (χ4v) is 3.85. The summed E-state index contributed by atoms with van der Waals surface area (Å²) in [6.07, 6.45) is 1.57. The molecule has 7 heteroatoms. The molecule has 2 aromatic carbocycles. The van der Waals surface area contributed by atoms with E-state index in [0.29, 0.717) is 24.6 Å². The molecule has 144 valence electrons. The third kappa shape index (κ3) is 5.34. The van der Waals surface area contributed by atoms with Crippen molar-refractivity contribution in [3.05, 3.63) is 60.7 Å². The smallest absolute Gasteiger partial charge is 0.239 e. The van der Waals surface area contributed by atoms with Gasteiger partial charge in [-0.25, -0.2) is 8.42 Å². The summed E-state index contributed by atoms with van der Waals surface area (Å²) < 4.78 is 31.7. The van der Waals surface area contributed by atoms with E-state index in [4.69, 9.17) is 4.74 Å². The van der Waals surface area contributed by atoms with Gasteiger partial charge in [0, 0.05) is 12.6 Å². The lowest BCUT2D eigenvalue weighted by molar-refractivity contribution is -0.119. The Labute approximate surface area is 160 Å². The molecule has 2 N–H and O–H groups in total. The molecule has 0 spiro atoms. The highest BCUT2D eigenvalue weighted by Gasteiger charge is 2.22. The summed E-state index contributed by atoms with van der Waals surface area (Å²) in [5.74, 6) is 0.187. The number of benzene rings is 2. The number of ether oxygens (including phenoxy) is 1. The Morgan fingerprint density at radius 3 is 2.52 bits per heavy atom. The predicted octanol–water partition coefficient (Wildman–Crippen LogP) is 2.94. The summed E-state index contributed by atoms with van der Waals surface area (Å²) >= 11 is 0. The average molecular weight is 388 g/mol. The second kappa shape index (κ2) is 9.23. The second-order valence-corrected chi connectivity index (χ2v) is 7.77. The van der Waals surface area contributed by atoms with Crippen LogP contribution in [0.15, 0.2) is 64.9 Å². The van der Waals surface area contributed by atoms with Crippen molar-refractivity contribution < 1.29 is 17.9 Å². The number of hydrogen-bond acceptors (Lipinski definition) is 5. The van der Waals surface area contributed by atoms with Crippen molar-refractivity contribution in [2.75, 3.05) is 25.0 Å². The maximum atomic E-state index is 13.1. The van der Waals surface area contributed by atoms with Crippen molar-refractivity contribution >= 4 is 21.4 Å². The predicted molar refractivity (Wildman–Crippen MR) is 106 cm³/mol. The van der Waals surface area contributed by atoms with Gasteiger partial charge in [0.15, 0.2) is 0 Å². The van der Waals surface area contributed by atoms with E-state index < -0.39 is 9.84 Å². The van der Waals surface area contributed by atoms with Crippen LogP contribution >= 0.6 is 0 Å². The van der Waals surface area contributed by atoms with E-state index in [1.54, 1.807) is 42.5 Å². The summed E-state index contributed by atoms with van der Waals surface area (Å²) in [5.41, 5.74) is 1.31. The van der Waals surface area contributed by atoms with Gasteiger partial charge in [0.2, 0.25) is 15.7 Å². The van der Waals surface area contributed by atoms with Gasteiger partial charge in [0.1, 0.15) is 5.75 Å². The van der Waals surface area contributed by atoms with E-state index in [9.17, 15) is 13.2 Å². The monoisotopic (exact) mass is 388 g/mol. The number of aryl methyl sites for hydroxylation is 1. The van der Waals surface area contributed by atoms with Gasteiger partial charge in [-0.3, -0.25) is 4.79 Å². The molecule has 2 rings (SSSR count). The molecule has 0 aliphatic rings. The molecule has 0 heterocycles. The van der Waals surface area contributed by atoms with E-state index in [-0.39, 0.29) is 22.2 Å². The van der Waals surface area contributed by atoms with Crippen LogP contribution in [0.1, 0.15) is 12.5 Å². The molecule has 0 saturated heterocycles. The summed E-state index contributed by atoms with van der Waals surface area (Å²) in [7, 11) is -3.78. The Morgan fingerprint density at radius 1 is 1.19 bits per heavy atom. The molecule has 0 radical (unpaired) electrons. The fraction of sp³-hybridized carbons (Fsp3) is 0.250. The molecular weight excluding hydrogens is 364 g/mol. The molecule has 0 aliphatic heterocycles. The number of rotatable bonds is 9. The minimum atomic E-state index is -3.78. The third-order valence-corrected chi connectivity index (χ3v) is 5.58. The van der Waals surface area contributed by atoms with E-state index in [0.717, 1.165) is 5.56 Å². The van der Waals surface area contributed by atoms with E-state index in [1.165, 1.54) is 6.07 Å². The van der Waals surface area contributed by atoms with E-state index in [1.807, 2.05) is 13.8 Å². The van der Waals surface area contributed by atoms with Crippen molar-refractivity contribution in [2.24, 2.45) is 0 Å². The minimum absolute atomic E-state index is 0.0573. The topological polar surface area (TPSA) is 84.5 Å². The first-order valence-electron chi connectivity index (χ1n) is 8.58. The Balaban J connectivity index is 2.38. The number of sulfone groups is 1. The van der Waals surface area contributed by atoms with Gasteiger partial charge in [0.05, 0.1) is 28.6 Å².